The van der Waals surface area contributed by atoms with E-state index in [0.29, 0.717) is 6.42 Å². The van der Waals surface area contributed by atoms with Crippen LogP contribution in [0.25, 0.3) is 0 Å². The van der Waals surface area contributed by atoms with Crippen LogP contribution in [0.15, 0.2) is 12.2 Å². The van der Waals surface area contributed by atoms with Gasteiger partial charge in [0, 0.05) is 0 Å². The Morgan fingerprint density at radius 1 is 1.04 bits per heavy atom. The number of ether oxygens (including phenoxy) is 1. The van der Waals surface area contributed by atoms with Crippen molar-refractivity contribution in [3.05, 3.63) is 12.2 Å². The largest absolute Gasteiger partial charge is 0.481 e. The summed E-state index contributed by atoms with van der Waals surface area (Å²) < 4.78 is 5.18. The number of rotatable bonds is 12. The van der Waals surface area contributed by atoms with Gasteiger partial charge in [0.25, 0.3) is 0 Å². The van der Waals surface area contributed by atoms with Gasteiger partial charge in [-0.3, -0.25) is 9.59 Å². The average molecular weight is 326 g/mol. The van der Waals surface area contributed by atoms with Crippen molar-refractivity contribution in [3.8, 4) is 0 Å². The lowest BCUT2D eigenvalue weighted by atomic mass is 10.0. The summed E-state index contributed by atoms with van der Waals surface area (Å²) in [6.07, 6.45) is 12.7. The summed E-state index contributed by atoms with van der Waals surface area (Å²) in [5, 5.41) is 9.20. The van der Waals surface area contributed by atoms with Crippen molar-refractivity contribution >= 4 is 11.9 Å². The highest BCUT2D eigenvalue weighted by Crippen LogP contribution is 2.16. The molecule has 0 aromatic rings. The van der Waals surface area contributed by atoms with Gasteiger partial charge in [-0.1, -0.05) is 51.2 Å². The predicted octanol–water partition coefficient (Wildman–Crippen LogP) is 5.12. The van der Waals surface area contributed by atoms with Crippen LogP contribution in [0.3, 0.4) is 0 Å². The lowest BCUT2D eigenvalue weighted by Crippen LogP contribution is -2.27. The molecule has 4 heteroatoms. The second-order valence-electron chi connectivity index (χ2n) is 7.09. The lowest BCUT2D eigenvalue weighted by molar-refractivity contribution is -0.159. The van der Waals surface area contributed by atoms with Crippen LogP contribution in [0.2, 0.25) is 0 Å². The van der Waals surface area contributed by atoms with E-state index in [1.54, 1.807) is 20.8 Å². The maximum absolute atomic E-state index is 11.7. The van der Waals surface area contributed by atoms with E-state index >= 15 is 0 Å². The molecule has 0 aromatic carbocycles. The predicted molar refractivity (Wildman–Crippen MR) is 93.3 cm³/mol. The van der Waals surface area contributed by atoms with E-state index in [1.165, 1.54) is 32.1 Å². The molecule has 1 atom stereocenters. The van der Waals surface area contributed by atoms with E-state index in [1.807, 2.05) is 12.2 Å². The van der Waals surface area contributed by atoms with Crippen LogP contribution >= 0.6 is 0 Å². The number of esters is 1. The summed E-state index contributed by atoms with van der Waals surface area (Å²) in [4.78, 5) is 22.9. The average Bonchev–Trinajstić information content (AvgIpc) is 2.42. The second-order valence-corrected chi connectivity index (χ2v) is 7.09. The van der Waals surface area contributed by atoms with E-state index in [2.05, 4.69) is 6.92 Å². The molecule has 0 fully saturated rings. The van der Waals surface area contributed by atoms with Crippen molar-refractivity contribution in [1.82, 2.24) is 0 Å². The molecule has 0 aliphatic heterocycles. The summed E-state index contributed by atoms with van der Waals surface area (Å²) in [6.45, 7) is 7.54. The number of carbonyl (C=O) groups is 2. The Balaban J connectivity index is 3.98. The van der Waals surface area contributed by atoms with Crippen LogP contribution in [0.1, 0.15) is 85.5 Å². The van der Waals surface area contributed by atoms with E-state index in [0.717, 1.165) is 12.8 Å². The van der Waals surface area contributed by atoms with Gasteiger partial charge in [0.1, 0.15) is 5.60 Å². The zero-order valence-electron chi connectivity index (χ0n) is 15.3. The maximum Gasteiger partial charge on any atom is 0.307 e. The standard InChI is InChI=1S/C19H34O4/c1-5-6-7-8-9-10-11-12-13-14-16(18(21)22)15-17(20)23-19(2,3)4/h12-13,16H,5-11,14-15H2,1-4H3,(H,21,22)/b13-12+/t16-/m0/s1. The number of hydrogen-bond donors (Lipinski definition) is 1. The highest BCUT2D eigenvalue weighted by molar-refractivity contribution is 5.79. The first kappa shape index (κ1) is 21.7. The Bertz CT molecular complexity index is 366. The first-order valence-corrected chi connectivity index (χ1v) is 8.86. The summed E-state index contributed by atoms with van der Waals surface area (Å²) >= 11 is 0. The lowest BCUT2D eigenvalue weighted by Gasteiger charge is -2.20. The van der Waals surface area contributed by atoms with Crippen LogP contribution < -0.4 is 0 Å². The number of carboxylic acids is 1. The Kier molecular flexibility index (Phi) is 11.4. The Labute approximate surface area is 141 Å². The van der Waals surface area contributed by atoms with E-state index < -0.39 is 23.5 Å². The molecule has 0 aromatic heterocycles. The van der Waals surface area contributed by atoms with Gasteiger partial charge in [-0.25, -0.2) is 0 Å². The third-order valence-electron chi connectivity index (χ3n) is 3.49. The van der Waals surface area contributed by atoms with Crippen molar-refractivity contribution in [2.24, 2.45) is 5.92 Å². The van der Waals surface area contributed by atoms with Crippen LogP contribution in [0.4, 0.5) is 0 Å². The normalized spacial score (nSPS) is 13.2. The van der Waals surface area contributed by atoms with Crippen molar-refractivity contribution in [3.63, 3.8) is 0 Å². The third-order valence-corrected chi connectivity index (χ3v) is 3.49. The summed E-state index contributed by atoms with van der Waals surface area (Å²) in [6, 6.07) is 0. The molecule has 4 nitrogen and oxygen atoms in total. The van der Waals surface area contributed by atoms with Gasteiger partial charge in [0.2, 0.25) is 0 Å². The molecular weight excluding hydrogens is 292 g/mol. The molecule has 23 heavy (non-hydrogen) atoms. The van der Waals surface area contributed by atoms with Gasteiger partial charge >= 0.3 is 11.9 Å². The van der Waals surface area contributed by atoms with Crippen molar-refractivity contribution in [2.45, 2.75) is 91.1 Å². The SMILES string of the molecule is CCCCCCCC/C=C/C[C@@H](CC(=O)OC(C)(C)C)C(=O)O. The number of carboxylic acid groups (broad SMARTS) is 1. The number of carbonyl (C=O) groups excluding carboxylic acids is 1. The number of hydrogen-bond acceptors (Lipinski definition) is 3. The molecule has 0 unspecified atom stereocenters. The van der Waals surface area contributed by atoms with Gasteiger partial charge in [0.05, 0.1) is 12.3 Å². The topological polar surface area (TPSA) is 63.6 Å². The van der Waals surface area contributed by atoms with Gasteiger partial charge in [-0.05, 0) is 40.0 Å². The minimum atomic E-state index is -0.944. The molecular formula is C19H34O4. The Hall–Kier alpha value is -1.32. The quantitative estimate of drug-likeness (QED) is 0.307. The van der Waals surface area contributed by atoms with Gasteiger partial charge in [-0.2, -0.15) is 0 Å². The molecule has 0 radical (unpaired) electrons. The molecule has 0 aliphatic rings. The van der Waals surface area contributed by atoms with Crippen LogP contribution in [-0.2, 0) is 14.3 Å². The molecule has 134 valence electrons. The number of allylic oxidation sites excluding steroid dienone is 2. The highest BCUT2D eigenvalue weighted by Gasteiger charge is 2.24. The van der Waals surface area contributed by atoms with E-state index in [9.17, 15) is 14.7 Å². The number of unbranched alkanes of at least 4 members (excludes halogenated alkanes) is 6. The third kappa shape index (κ3) is 14.0. The zero-order valence-corrected chi connectivity index (χ0v) is 15.3. The second kappa shape index (κ2) is 12.1. The molecule has 0 saturated heterocycles. The summed E-state index contributed by atoms with van der Waals surface area (Å²) in [5.74, 6) is -2.10. The fourth-order valence-corrected chi connectivity index (χ4v) is 2.28. The van der Waals surface area contributed by atoms with Crippen LogP contribution in [-0.4, -0.2) is 22.6 Å². The molecule has 0 heterocycles. The first-order valence-electron chi connectivity index (χ1n) is 8.86. The minimum Gasteiger partial charge on any atom is -0.481 e. The van der Waals surface area contributed by atoms with Crippen molar-refractivity contribution in [2.75, 3.05) is 0 Å². The summed E-state index contributed by atoms with van der Waals surface area (Å²) in [5.41, 5.74) is -0.576. The van der Waals surface area contributed by atoms with Gasteiger partial charge in [-0.15, -0.1) is 0 Å². The minimum absolute atomic E-state index is 0.0754. The monoisotopic (exact) mass is 326 g/mol. The molecule has 0 saturated carbocycles. The fraction of sp³-hybridized carbons (Fsp3) is 0.789. The molecule has 0 amide bonds. The molecule has 0 rings (SSSR count). The van der Waals surface area contributed by atoms with Crippen LogP contribution in [0, 0.1) is 5.92 Å². The van der Waals surface area contributed by atoms with Gasteiger partial charge < -0.3 is 9.84 Å². The summed E-state index contributed by atoms with van der Waals surface area (Å²) in [7, 11) is 0. The Morgan fingerprint density at radius 3 is 2.22 bits per heavy atom. The van der Waals surface area contributed by atoms with E-state index in [-0.39, 0.29) is 6.42 Å². The van der Waals surface area contributed by atoms with E-state index in [4.69, 9.17) is 4.74 Å². The maximum atomic E-state index is 11.7. The van der Waals surface area contributed by atoms with Crippen molar-refractivity contribution < 1.29 is 19.4 Å². The zero-order chi connectivity index (χ0) is 17.7. The fourth-order valence-electron chi connectivity index (χ4n) is 2.28. The first-order chi connectivity index (χ1) is 10.8. The molecule has 1 N–H and O–H groups in total. The van der Waals surface area contributed by atoms with Crippen molar-refractivity contribution in [1.29, 1.82) is 0 Å². The Morgan fingerprint density at radius 2 is 1.65 bits per heavy atom. The van der Waals surface area contributed by atoms with Crippen LogP contribution in [0.5, 0.6) is 0 Å². The smallest absolute Gasteiger partial charge is 0.307 e. The molecule has 0 aliphatic carbocycles. The molecule has 0 bridgehead atoms. The highest BCUT2D eigenvalue weighted by atomic mass is 16.6. The number of aliphatic carboxylic acids is 1. The van der Waals surface area contributed by atoms with Gasteiger partial charge in [0.15, 0.2) is 0 Å². The molecule has 0 spiro atoms.